The van der Waals surface area contributed by atoms with Crippen LogP contribution in [0.1, 0.15) is 19.4 Å². The monoisotopic (exact) mass is 253 g/mol. The average molecular weight is 253 g/mol. The number of rotatable bonds is 5. The topological polar surface area (TPSA) is 66.4 Å². The molecule has 1 amide bonds. The molecule has 0 bridgehead atoms. The minimum absolute atomic E-state index is 0.241. The van der Waals surface area contributed by atoms with Gasteiger partial charge in [-0.05, 0) is 25.0 Å². The number of halogens is 1. The molecule has 0 radical (unpaired) electrons. The number of benzene rings is 1. The molecule has 0 heterocycles. The molecule has 0 unspecified atom stereocenters. The van der Waals surface area contributed by atoms with E-state index < -0.39 is 23.8 Å². The zero-order chi connectivity index (χ0) is 13.7. The Morgan fingerprint density at radius 3 is 2.50 bits per heavy atom. The highest BCUT2D eigenvalue weighted by molar-refractivity contribution is 5.84. The van der Waals surface area contributed by atoms with Crippen molar-refractivity contribution in [2.45, 2.75) is 26.3 Å². The molecule has 18 heavy (non-hydrogen) atoms. The van der Waals surface area contributed by atoms with E-state index in [0.717, 1.165) is 0 Å². The number of amides is 1. The molecular formula is C13H16FNO3. The van der Waals surface area contributed by atoms with Gasteiger partial charge in [-0.1, -0.05) is 25.1 Å². The largest absolute Gasteiger partial charge is 0.480 e. The van der Waals surface area contributed by atoms with Crippen molar-refractivity contribution in [3.05, 3.63) is 35.6 Å². The summed E-state index contributed by atoms with van der Waals surface area (Å²) in [6.45, 7) is 3.02. The Hall–Kier alpha value is -1.91. The number of carboxylic acid groups (broad SMARTS) is 1. The Bertz CT molecular complexity index is 448. The second kappa shape index (κ2) is 6.14. The molecule has 1 aromatic rings. The Kier molecular flexibility index (Phi) is 4.83. The first-order valence-electron chi connectivity index (χ1n) is 5.68. The van der Waals surface area contributed by atoms with Crippen molar-refractivity contribution >= 4 is 11.9 Å². The van der Waals surface area contributed by atoms with E-state index in [1.165, 1.54) is 13.0 Å². The van der Waals surface area contributed by atoms with Crippen molar-refractivity contribution in [2.24, 2.45) is 5.92 Å². The molecule has 0 saturated heterocycles. The molecule has 0 aliphatic rings. The summed E-state index contributed by atoms with van der Waals surface area (Å²) in [5.74, 6) is -2.33. The van der Waals surface area contributed by atoms with Crippen LogP contribution in [0.4, 0.5) is 4.39 Å². The fourth-order valence-corrected chi connectivity index (χ4v) is 1.50. The van der Waals surface area contributed by atoms with E-state index in [2.05, 4.69) is 5.32 Å². The Morgan fingerprint density at radius 2 is 1.94 bits per heavy atom. The van der Waals surface area contributed by atoms with Crippen molar-refractivity contribution < 1.29 is 19.1 Å². The highest BCUT2D eigenvalue weighted by Gasteiger charge is 2.19. The van der Waals surface area contributed by atoms with Gasteiger partial charge in [0.05, 0.1) is 0 Å². The number of carbonyl (C=O) groups is 2. The zero-order valence-electron chi connectivity index (χ0n) is 10.3. The molecule has 98 valence electrons. The SMILES string of the molecule is C[C@@H](Cc1ccccc1F)C(=O)N[C@H](C)C(=O)O. The number of carboxylic acids is 1. The second-order valence-electron chi connectivity index (χ2n) is 4.27. The highest BCUT2D eigenvalue weighted by Crippen LogP contribution is 2.12. The van der Waals surface area contributed by atoms with Crippen molar-refractivity contribution in [1.82, 2.24) is 5.32 Å². The van der Waals surface area contributed by atoms with Crippen LogP contribution in [0.3, 0.4) is 0 Å². The van der Waals surface area contributed by atoms with Gasteiger partial charge >= 0.3 is 5.97 Å². The summed E-state index contributed by atoms with van der Waals surface area (Å²) in [6.07, 6.45) is 0.241. The number of aliphatic carboxylic acids is 1. The molecule has 0 aliphatic carbocycles. The summed E-state index contributed by atoms with van der Waals surface area (Å²) in [7, 11) is 0. The summed E-state index contributed by atoms with van der Waals surface area (Å²) in [5, 5.41) is 11.0. The fourth-order valence-electron chi connectivity index (χ4n) is 1.50. The third-order valence-electron chi connectivity index (χ3n) is 2.66. The maximum absolute atomic E-state index is 13.4. The van der Waals surface area contributed by atoms with Crippen LogP contribution in [0.5, 0.6) is 0 Å². The second-order valence-corrected chi connectivity index (χ2v) is 4.27. The fraction of sp³-hybridized carbons (Fsp3) is 0.385. The zero-order valence-corrected chi connectivity index (χ0v) is 10.3. The standard InChI is InChI=1S/C13H16FNO3/c1-8(12(16)15-9(2)13(17)18)7-10-5-3-4-6-11(10)14/h3-6,8-9H,7H2,1-2H3,(H,15,16)(H,17,18)/t8-,9+/m0/s1. The maximum atomic E-state index is 13.4. The van der Waals surface area contributed by atoms with Crippen LogP contribution >= 0.6 is 0 Å². The number of carbonyl (C=O) groups excluding carboxylic acids is 1. The van der Waals surface area contributed by atoms with E-state index in [1.54, 1.807) is 25.1 Å². The van der Waals surface area contributed by atoms with Gasteiger partial charge in [0.2, 0.25) is 5.91 Å². The summed E-state index contributed by atoms with van der Waals surface area (Å²) in [4.78, 5) is 22.3. The van der Waals surface area contributed by atoms with E-state index in [1.807, 2.05) is 0 Å². The van der Waals surface area contributed by atoms with Crippen LogP contribution < -0.4 is 5.32 Å². The molecule has 1 rings (SSSR count). The van der Waals surface area contributed by atoms with Crippen LogP contribution in [0.25, 0.3) is 0 Å². The Morgan fingerprint density at radius 1 is 1.33 bits per heavy atom. The van der Waals surface area contributed by atoms with Crippen LogP contribution in [0.2, 0.25) is 0 Å². The van der Waals surface area contributed by atoms with Gasteiger partial charge in [-0.15, -0.1) is 0 Å². The van der Waals surface area contributed by atoms with Gasteiger partial charge in [0.25, 0.3) is 0 Å². The lowest BCUT2D eigenvalue weighted by molar-refractivity contribution is -0.141. The smallest absolute Gasteiger partial charge is 0.325 e. The highest BCUT2D eigenvalue weighted by atomic mass is 19.1. The minimum atomic E-state index is -1.10. The first kappa shape index (κ1) is 14.2. The summed E-state index contributed by atoms with van der Waals surface area (Å²) in [5.41, 5.74) is 0.447. The lowest BCUT2D eigenvalue weighted by Gasteiger charge is -2.15. The lowest BCUT2D eigenvalue weighted by atomic mass is 9.99. The van der Waals surface area contributed by atoms with E-state index in [-0.39, 0.29) is 12.2 Å². The quantitative estimate of drug-likeness (QED) is 0.837. The molecule has 0 fully saturated rings. The van der Waals surface area contributed by atoms with Gasteiger partial charge in [-0.25, -0.2) is 4.39 Å². The summed E-state index contributed by atoms with van der Waals surface area (Å²) >= 11 is 0. The molecule has 0 spiro atoms. The first-order chi connectivity index (χ1) is 8.41. The van der Waals surface area contributed by atoms with Gasteiger partial charge in [0, 0.05) is 5.92 Å². The minimum Gasteiger partial charge on any atom is -0.480 e. The molecule has 2 atom stereocenters. The molecule has 0 saturated carbocycles. The molecule has 0 aliphatic heterocycles. The molecule has 1 aromatic carbocycles. The molecule has 2 N–H and O–H groups in total. The Balaban J connectivity index is 2.60. The third kappa shape index (κ3) is 3.84. The van der Waals surface area contributed by atoms with Crippen molar-refractivity contribution in [3.8, 4) is 0 Å². The van der Waals surface area contributed by atoms with Crippen LogP contribution in [0.15, 0.2) is 24.3 Å². The summed E-state index contributed by atoms with van der Waals surface area (Å²) in [6, 6.07) is 5.28. The predicted molar refractivity (Wildman–Crippen MR) is 64.5 cm³/mol. The van der Waals surface area contributed by atoms with E-state index in [4.69, 9.17) is 5.11 Å². The van der Waals surface area contributed by atoms with E-state index in [9.17, 15) is 14.0 Å². The Labute approximate surface area is 105 Å². The predicted octanol–water partition coefficient (Wildman–Crippen LogP) is 1.59. The molecule has 5 heteroatoms. The van der Waals surface area contributed by atoms with Gasteiger partial charge < -0.3 is 10.4 Å². The maximum Gasteiger partial charge on any atom is 0.325 e. The summed E-state index contributed by atoms with van der Waals surface area (Å²) < 4.78 is 13.4. The molecule has 0 aromatic heterocycles. The van der Waals surface area contributed by atoms with Gasteiger partial charge in [-0.2, -0.15) is 0 Å². The number of hydrogen-bond acceptors (Lipinski definition) is 2. The number of hydrogen-bond donors (Lipinski definition) is 2. The van der Waals surface area contributed by atoms with E-state index in [0.29, 0.717) is 5.56 Å². The molecule has 4 nitrogen and oxygen atoms in total. The molecular weight excluding hydrogens is 237 g/mol. The van der Waals surface area contributed by atoms with Crippen LogP contribution in [-0.2, 0) is 16.0 Å². The van der Waals surface area contributed by atoms with Crippen molar-refractivity contribution in [2.75, 3.05) is 0 Å². The lowest BCUT2D eigenvalue weighted by Crippen LogP contribution is -2.41. The van der Waals surface area contributed by atoms with Crippen LogP contribution in [-0.4, -0.2) is 23.0 Å². The average Bonchev–Trinajstić information content (AvgIpc) is 2.31. The van der Waals surface area contributed by atoms with Gasteiger partial charge in [-0.3, -0.25) is 9.59 Å². The van der Waals surface area contributed by atoms with E-state index >= 15 is 0 Å². The van der Waals surface area contributed by atoms with Crippen molar-refractivity contribution in [3.63, 3.8) is 0 Å². The third-order valence-corrected chi connectivity index (χ3v) is 2.66. The van der Waals surface area contributed by atoms with Gasteiger partial charge in [0.1, 0.15) is 11.9 Å². The van der Waals surface area contributed by atoms with Crippen LogP contribution in [0, 0.1) is 11.7 Å². The normalized spacial score (nSPS) is 13.7. The number of nitrogens with one attached hydrogen (secondary N) is 1. The van der Waals surface area contributed by atoms with Gasteiger partial charge in [0.15, 0.2) is 0 Å². The van der Waals surface area contributed by atoms with Crippen molar-refractivity contribution in [1.29, 1.82) is 0 Å². The first-order valence-corrected chi connectivity index (χ1v) is 5.68.